The summed E-state index contributed by atoms with van der Waals surface area (Å²) in [6.07, 6.45) is 7.91. The van der Waals surface area contributed by atoms with Crippen LogP contribution in [0.5, 0.6) is 0 Å². The summed E-state index contributed by atoms with van der Waals surface area (Å²) in [6.45, 7) is -0.0358. The maximum atomic E-state index is 15.1. The maximum absolute atomic E-state index is 15.1. The Bertz CT molecular complexity index is 1390. The van der Waals surface area contributed by atoms with E-state index in [2.05, 4.69) is 28.0 Å². The van der Waals surface area contributed by atoms with Gasteiger partial charge in [-0.05, 0) is 66.5 Å². The largest absolute Gasteiger partial charge is 0.392 e. The van der Waals surface area contributed by atoms with Crippen LogP contribution in [0.15, 0.2) is 72.8 Å². The second-order valence-electron chi connectivity index (χ2n) is 11.5. The summed E-state index contributed by atoms with van der Waals surface area (Å²) in [5.74, 6) is 0.162. The molecule has 1 spiro atoms. The Morgan fingerprint density at radius 2 is 1.50 bits per heavy atom. The Labute approximate surface area is 224 Å². The van der Waals surface area contributed by atoms with Gasteiger partial charge in [0.25, 0.3) is 5.91 Å². The van der Waals surface area contributed by atoms with Gasteiger partial charge in [0, 0.05) is 23.3 Å². The molecule has 2 aliphatic heterocycles. The van der Waals surface area contributed by atoms with E-state index in [0.717, 1.165) is 60.9 Å². The average Bonchev–Trinajstić information content (AvgIpc) is 3.81. The number of nitrogens with zero attached hydrogens (tertiary/aromatic N) is 2. The highest BCUT2D eigenvalue weighted by atomic mass is 16.3. The van der Waals surface area contributed by atoms with Crippen LogP contribution in [-0.4, -0.2) is 33.9 Å². The van der Waals surface area contributed by atoms with Crippen LogP contribution >= 0.6 is 0 Å². The molecule has 0 unspecified atom stereocenters. The van der Waals surface area contributed by atoms with Crippen LogP contribution in [0, 0.1) is 0 Å². The van der Waals surface area contributed by atoms with Gasteiger partial charge in [-0.25, -0.2) is 0 Å². The molecule has 3 aromatic carbocycles. The van der Waals surface area contributed by atoms with Crippen LogP contribution in [0.4, 0.5) is 5.69 Å². The van der Waals surface area contributed by atoms with Crippen LogP contribution in [0.2, 0.25) is 0 Å². The molecule has 1 N–H and O–H groups in total. The summed E-state index contributed by atoms with van der Waals surface area (Å²) in [7, 11) is 0. The number of amides is 2. The maximum Gasteiger partial charge on any atom is 0.254 e. The lowest BCUT2D eigenvalue weighted by molar-refractivity contribution is -0.128. The number of anilines is 1. The topological polar surface area (TPSA) is 60.9 Å². The summed E-state index contributed by atoms with van der Waals surface area (Å²) in [5.41, 5.74) is 4.61. The Balaban J connectivity index is 1.51. The van der Waals surface area contributed by atoms with Gasteiger partial charge < -0.3 is 14.9 Å². The van der Waals surface area contributed by atoms with Crippen LogP contribution in [0.3, 0.4) is 0 Å². The van der Waals surface area contributed by atoms with Gasteiger partial charge in [-0.15, -0.1) is 0 Å². The van der Waals surface area contributed by atoms with E-state index in [1.54, 1.807) is 0 Å². The lowest BCUT2D eigenvalue weighted by atomic mass is 9.61. The monoisotopic (exact) mass is 506 g/mol. The minimum absolute atomic E-state index is 0.0358. The third-order valence-electron chi connectivity index (χ3n) is 9.30. The Morgan fingerprint density at radius 1 is 0.789 bits per heavy atom. The zero-order valence-electron chi connectivity index (χ0n) is 21.7. The van der Waals surface area contributed by atoms with Gasteiger partial charge in [-0.2, -0.15) is 0 Å². The molecule has 0 radical (unpaired) electrons. The van der Waals surface area contributed by atoms with Crippen molar-refractivity contribution >= 4 is 17.5 Å². The molecule has 38 heavy (non-hydrogen) atoms. The third kappa shape index (κ3) is 3.48. The fourth-order valence-corrected chi connectivity index (χ4v) is 7.40. The van der Waals surface area contributed by atoms with Crippen LogP contribution < -0.4 is 4.90 Å². The number of hydrogen-bond donors (Lipinski definition) is 1. The summed E-state index contributed by atoms with van der Waals surface area (Å²) >= 11 is 0. The van der Waals surface area contributed by atoms with Crippen molar-refractivity contribution in [1.29, 1.82) is 0 Å². The molecule has 2 saturated carbocycles. The minimum atomic E-state index is -0.917. The molecule has 0 saturated heterocycles. The first kappa shape index (κ1) is 23.7. The van der Waals surface area contributed by atoms with Crippen LogP contribution in [0.25, 0.3) is 0 Å². The summed E-state index contributed by atoms with van der Waals surface area (Å²) in [5, 5.41) is 9.74. The molecule has 2 heterocycles. The number of fused-ring (bicyclic) bond motifs is 3. The molecule has 4 aliphatic rings. The van der Waals surface area contributed by atoms with E-state index in [9.17, 15) is 9.90 Å². The van der Waals surface area contributed by atoms with E-state index in [1.165, 1.54) is 12.0 Å². The second kappa shape index (κ2) is 9.09. The molecule has 194 valence electrons. The predicted octanol–water partition coefficient (Wildman–Crippen LogP) is 5.70. The van der Waals surface area contributed by atoms with Gasteiger partial charge in [0.2, 0.25) is 5.91 Å². The third-order valence-corrected chi connectivity index (χ3v) is 9.30. The fourth-order valence-electron chi connectivity index (χ4n) is 7.40. The molecule has 0 aromatic heterocycles. The second-order valence-corrected chi connectivity index (χ2v) is 11.5. The molecular weight excluding hydrogens is 472 g/mol. The first-order valence-electron chi connectivity index (χ1n) is 14.2. The molecule has 5 nitrogen and oxygen atoms in total. The highest BCUT2D eigenvalue weighted by molar-refractivity contribution is 6.10. The lowest BCUT2D eigenvalue weighted by Gasteiger charge is -2.55. The number of hydrogen-bond acceptors (Lipinski definition) is 3. The highest BCUT2D eigenvalue weighted by Gasteiger charge is 2.61. The zero-order chi connectivity index (χ0) is 25.9. The van der Waals surface area contributed by atoms with Crippen molar-refractivity contribution in [1.82, 2.24) is 4.90 Å². The lowest BCUT2D eigenvalue weighted by Crippen LogP contribution is -2.64. The Morgan fingerprint density at radius 3 is 2.24 bits per heavy atom. The smallest absolute Gasteiger partial charge is 0.254 e. The molecular formula is C33H34N2O3. The Hall–Kier alpha value is -3.44. The van der Waals surface area contributed by atoms with Gasteiger partial charge in [-0.1, -0.05) is 79.9 Å². The quantitative estimate of drug-likeness (QED) is 0.494. The van der Waals surface area contributed by atoms with Gasteiger partial charge in [0.05, 0.1) is 12.6 Å². The number of benzene rings is 3. The fraction of sp³-hybridized carbons (Fsp3) is 0.394. The first-order chi connectivity index (χ1) is 18.6. The number of carbonyl (C=O) groups excluding carboxylic acids is 2. The first-order valence-corrected chi connectivity index (χ1v) is 14.2. The minimum Gasteiger partial charge on any atom is -0.392 e. The number of rotatable bonds is 4. The van der Waals surface area contributed by atoms with Crippen molar-refractivity contribution in [2.24, 2.45) is 0 Å². The molecule has 7 rings (SSSR count). The number of para-hydroxylation sites is 1. The average molecular weight is 507 g/mol. The molecule has 0 bridgehead atoms. The summed E-state index contributed by atoms with van der Waals surface area (Å²) in [6, 6.07) is 24.0. The van der Waals surface area contributed by atoms with Crippen molar-refractivity contribution in [3.8, 4) is 0 Å². The molecule has 2 fully saturated rings. The van der Waals surface area contributed by atoms with E-state index >= 15 is 4.79 Å². The summed E-state index contributed by atoms with van der Waals surface area (Å²) in [4.78, 5) is 33.7. The van der Waals surface area contributed by atoms with Gasteiger partial charge >= 0.3 is 0 Å². The molecule has 2 atom stereocenters. The summed E-state index contributed by atoms with van der Waals surface area (Å²) < 4.78 is 0. The Kier molecular flexibility index (Phi) is 5.66. The van der Waals surface area contributed by atoms with E-state index < -0.39 is 11.5 Å². The number of aliphatic hydroxyl groups is 1. The van der Waals surface area contributed by atoms with E-state index in [-0.39, 0.29) is 30.5 Å². The van der Waals surface area contributed by atoms with Crippen molar-refractivity contribution in [2.45, 2.75) is 81.5 Å². The van der Waals surface area contributed by atoms with Crippen molar-refractivity contribution in [3.05, 3.63) is 101 Å². The van der Waals surface area contributed by atoms with E-state index in [4.69, 9.17) is 0 Å². The standard InChI is InChI=1S/C33H34N2O3/c36-21-22-14-16-23(17-15-22)30-33(20-24-8-4-7-13-29(24)34(32(33)38)26-18-19-26)28-12-6-5-11-27(28)31(37)35(30)25-9-2-1-3-10-25/h4-8,11-17,25-26,30,36H,1-3,9-10,18-21H2/t30-,33-/m0/s1. The highest BCUT2D eigenvalue weighted by Crippen LogP contribution is 2.56. The van der Waals surface area contributed by atoms with Crippen LogP contribution in [-0.2, 0) is 23.2 Å². The normalized spacial score (nSPS) is 25.4. The van der Waals surface area contributed by atoms with E-state index in [0.29, 0.717) is 12.0 Å². The zero-order valence-corrected chi connectivity index (χ0v) is 21.7. The predicted molar refractivity (Wildman–Crippen MR) is 147 cm³/mol. The molecule has 5 heteroatoms. The molecule has 2 amide bonds. The van der Waals surface area contributed by atoms with Gasteiger partial charge in [0.15, 0.2) is 0 Å². The van der Waals surface area contributed by atoms with Crippen LogP contribution in [0.1, 0.15) is 83.6 Å². The van der Waals surface area contributed by atoms with Crippen molar-refractivity contribution in [2.75, 3.05) is 4.90 Å². The van der Waals surface area contributed by atoms with Gasteiger partial charge in [-0.3, -0.25) is 9.59 Å². The van der Waals surface area contributed by atoms with Crippen molar-refractivity contribution in [3.63, 3.8) is 0 Å². The molecule has 3 aromatic rings. The molecule has 2 aliphatic carbocycles. The van der Waals surface area contributed by atoms with E-state index in [1.807, 2.05) is 54.6 Å². The SMILES string of the molecule is O=C1c2ccccc2[C@@]2(Cc3ccccc3N(C3CC3)C2=O)[C@H](c2ccc(CO)cc2)N1C1CCCCC1. The number of aliphatic hydroxyl groups excluding tert-OH is 1. The number of carbonyl (C=O) groups is 2. The van der Waals surface area contributed by atoms with Gasteiger partial charge in [0.1, 0.15) is 5.41 Å². The van der Waals surface area contributed by atoms with Crippen molar-refractivity contribution < 1.29 is 14.7 Å².